The first kappa shape index (κ1) is 20.2. The number of nitrogens with one attached hydrogen (secondary N) is 1. The molecule has 0 aliphatic carbocycles. The Morgan fingerprint density at radius 2 is 1.67 bits per heavy atom. The van der Waals surface area contributed by atoms with Crippen LogP contribution < -0.4 is 10.2 Å². The topological polar surface area (TPSA) is 82.1 Å². The number of hydrogen-bond donors (Lipinski definition) is 2. The van der Waals surface area contributed by atoms with Gasteiger partial charge in [0.05, 0.1) is 13.1 Å². The first-order chi connectivity index (χ1) is 14.5. The molecule has 4 rings (SSSR count). The molecule has 0 radical (unpaired) electrons. The highest BCUT2D eigenvalue weighted by atomic mass is 16.6. The summed E-state index contributed by atoms with van der Waals surface area (Å²) < 4.78 is 5.25. The highest BCUT2D eigenvalue weighted by Crippen LogP contribution is 2.26. The predicted octanol–water partition coefficient (Wildman–Crippen LogP) is 2.29. The molecule has 2 saturated heterocycles. The quantitative estimate of drug-likeness (QED) is 0.765. The van der Waals surface area contributed by atoms with Crippen molar-refractivity contribution in [1.29, 1.82) is 0 Å². The maximum absolute atomic E-state index is 12.5. The number of hydrogen-bond acceptors (Lipinski definition) is 5. The lowest BCUT2D eigenvalue weighted by molar-refractivity contribution is -0.156. The van der Waals surface area contributed by atoms with E-state index in [9.17, 15) is 14.7 Å². The van der Waals surface area contributed by atoms with Crippen LogP contribution in [0.25, 0.3) is 0 Å². The van der Waals surface area contributed by atoms with Crippen molar-refractivity contribution in [2.45, 2.75) is 31.6 Å². The highest BCUT2D eigenvalue weighted by Gasteiger charge is 2.50. The van der Waals surface area contributed by atoms with E-state index in [0.29, 0.717) is 6.54 Å². The number of amides is 2. The molecule has 7 nitrogen and oxygen atoms in total. The molecule has 0 aromatic heterocycles. The lowest BCUT2D eigenvalue weighted by Crippen LogP contribution is -2.69. The Labute approximate surface area is 176 Å². The molecular formula is C23H27N3O4. The van der Waals surface area contributed by atoms with E-state index in [1.165, 1.54) is 17.7 Å². The number of carbonyl (C=O) groups is 2. The molecule has 0 unspecified atom stereocenters. The van der Waals surface area contributed by atoms with Crippen LogP contribution in [0.4, 0.5) is 10.5 Å². The van der Waals surface area contributed by atoms with Gasteiger partial charge in [-0.25, -0.2) is 4.79 Å². The van der Waals surface area contributed by atoms with Crippen LogP contribution in [0.3, 0.4) is 0 Å². The minimum Gasteiger partial charge on any atom is -0.445 e. The smallest absolute Gasteiger partial charge is 0.410 e. The van der Waals surface area contributed by atoms with Crippen LogP contribution in [0.1, 0.15) is 24.0 Å². The molecule has 0 atom stereocenters. The van der Waals surface area contributed by atoms with Crippen molar-refractivity contribution >= 4 is 17.7 Å². The van der Waals surface area contributed by atoms with Crippen LogP contribution in [0.5, 0.6) is 0 Å². The molecule has 2 aromatic rings. The largest absolute Gasteiger partial charge is 0.445 e. The van der Waals surface area contributed by atoms with Crippen molar-refractivity contribution < 1.29 is 19.4 Å². The van der Waals surface area contributed by atoms with Gasteiger partial charge < -0.3 is 25.0 Å². The first-order valence-corrected chi connectivity index (χ1v) is 10.3. The van der Waals surface area contributed by atoms with E-state index in [-0.39, 0.29) is 19.7 Å². The van der Waals surface area contributed by atoms with Crippen LogP contribution >= 0.6 is 0 Å². The lowest BCUT2D eigenvalue weighted by atomic mass is 9.93. The van der Waals surface area contributed by atoms with Crippen molar-refractivity contribution in [2.75, 3.05) is 31.1 Å². The molecule has 2 aromatic carbocycles. The number of likely N-dealkylation sites (tertiary alicyclic amines) is 1. The van der Waals surface area contributed by atoms with Crippen LogP contribution in [-0.2, 0) is 22.7 Å². The van der Waals surface area contributed by atoms with E-state index >= 15 is 0 Å². The Kier molecular flexibility index (Phi) is 5.90. The fourth-order valence-corrected chi connectivity index (χ4v) is 3.94. The molecule has 2 aliphatic heterocycles. The number of benzene rings is 2. The Morgan fingerprint density at radius 3 is 2.40 bits per heavy atom. The van der Waals surface area contributed by atoms with Crippen molar-refractivity contribution in [3.8, 4) is 0 Å². The summed E-state index contributed by atoms with van der Waals surface area (Å²) in [6, 6.07) is 17.4. The number of para-hydroxylation sites is 1. The summed E-state index contributed by atoms with van der Waals surface area (Å²) in [5.41, 5.74) is 1.46. The molecular weight excluding hydrogens is 382 g/mol. The summed E-state index contributed by atoms with van der Waals surface area (Å²) in [6.45, 7) is 2.41. The van der Waals surface area contributed by atoms with Crippen molar-refractivity contribution in [1.82, 2.24) is 10.2 Å². The van der Waals surface area contributed by atoms with Gasteiger partial charge in [-0.2, -0.15) is 0 Å². The molecule has 0 spiro atoms. The molecule has 7 heteroatoms. The Hall–Kier alpha value is -3.06. The Morgan fingerprint density at radius 1 is 1.00 bits per heavy atom. The molecule has 158 valence electrons. The average molecular weight is 409 g/mol. The third-order valence-electron chi connectivity index (χ3n) is 5.67. The maximum atomic E-state index is 12.5. The van der Waals surface area contributed by atoms with E-state index in [1.54, 1.807) is 0 Å². The zero-order chi connectivity index (χ0) is 21.0. The molecule has 2 N–H and O–H groups in total. The average Bonchev–Trinajstić information content (AvgIpc) is 3.29. The summed E-state index contributed by atoms with van der Waals surface area (Å²) in [5, 5.41) is 13.4. The molecule has 2 heterocycles. The molecule has 30 heavy (non-hydrogen) atoms. The summed E-state index contributed by atoms with van der Waals surface area (Å²) in [7, 11) is 0. The van der Waals surface area contributed by atoms with Gasteiger partial charge in [-0.1, -0.05) is 48.5 Å². The third kappa shape index (κ3) is 4.41. The standard InChI is InChI=1S/C23H27N3O4/c27-21(24-14-19-10-4-5-11-20(19)25-12-6-7-13-25)23(29)16-26(17-23)22(28)30-15-18-8-2-1-3-9-18/h1-5,8-11,29H,6-7,12-17H2,(H,24,27). The van der Waals surface area contributed by atoms with Crippen molar-refractivity contribution in [3.63, 3.8) is 0 Å². The zero-order valence-electron chi connectivity index (χ0n) is 16.9. The number of β-amino-alcohol motifs (C(OH)–C–C–N with tert-alkyl or cyclic N) is 1. The van der Waals surface area contributed by atoms with Crippen LogP contribution in [0, 0.1) is 0 Å². The van der Waals surface area contributed by atoms with Gasteiger partial charge in [0.2, 0.25) is 0 Å². The van der Waals surface area contributed by atoms with Gasteiger partial charge >= 0.3 is 6.09 Å². The molecule has 0 bridgehead atoms. The normalized spacial score (nSPS) is 17.4. The summed E-state index contributed by atoms with van der Waals surface area (Å²) in [6.07, 6.45) is 1.82. The maximum Gasteiger partial charge on any atom is 0.410 e. The predicted molar refractivity (Wildman–Crippen MR) is 113 cm³/mol. The monoisotopic (exact) mass is 409 g/mol. The van der Waals surface area contributed by atoms with E-state index in [4.69, 9.17) is 4.74 Å². The number of anilines is 1. The molecule has 0 saturated carbocycles. The van der Waals surface area contributed by atoms with Crippen molar-refractivity contribution in [2.24, 2.45) is 0 Å². The number of carbonyl (C=O) groups excluding carboxylic acids is 2. The van der Waals surface area contributed by atoms with Crippen LogP contribution in [0.15, 0.2) is 54.6 Å². The fraction of sp³-hybridized carbons (Fsp3) is 0.391. The molecule has 2 amide bonds. The minimum absolute atomic E-state index is 0.0692. The van der Waals surface area contributed by atoms with E-state index < -0.39 is 17.6 Å². The van der Waals surface area contributed by atoms with Gasteiger partial charge in [0.1, 0.15) is 6.61 Å². The Bertz CT molecular complexity index is 890. The van der Waals surface area contributed by atoms with Gasteiger partial charge in [0.25, 0.3) is 5.91 Å². The summed E-state index contributed by atoms with van der Waals surface area (Å²) >= 11 is 0. The second-order valence-electron chi connectivity index (χ2n) is 7.93. The zero-order valence-corrected chi connectivity index (χ0v) is 16.9. The van der Waals surface area contributed by atoms with E-state index in [0.717, 1.165) is 29.9 Å². The van der Waals surface area contributed by atoms with E-state index in [1.807, 2.05) is 48.5 Å². The van der Waals surface area contributed by atoms with Crippen LogP contribution in [0.2, 0.25) is 0 Å². The number of ether oxygens (including phenoxy) is 1. The van der Waals surface area contributed by atoms with Gasteiger partial charge in [-0.15, -0.1) is 0 Å². The third-order valence-corrected chi connectivity index (χ3v) is 5.67. The van der Waals surface area contributed by atoms with Gasteiger partial charge in [-0.3, -0.25) is 4.79 Å². The second kappa shape index (κ2) is 8.75. The number of nitrogens with zero attached hydrogens (tertiary/aromatic N) is 2. The lowest BCUT2D eigenvalue weighted by Gasteiger charge is -2.44. The van der Waals surface area contributed by atoms with Gasteiger partial charge in [0.15, 0.2) is 5.60 Å². The fourth-order valence-electron chi connectivity index (χ4n) is 3.94. The van der Waals surface area contributed by atoms with Crippen molar-refractivity contribution in [3.05, 3.63) is 65.7 Å². The van der Waals surface area contributed by atoms with E-state index in [2.05, 4.69) is 16.3 Å². The summed E-state index contributed by atoms with van der Waals surface area (Å²) in [4.78, 5) is 28.3. The molecule has 2 fully saturated rings. The molecule has 2 aliphatic rings. The number of aliphatic hydroxyl groups is 1. The second-order valence-corrected chi connectivity index (χ2v) is 7.93. The Balaban J connectivity index is 1.26. The summed E-state index contributed by atoms with van der Waals surface area (Å²) in [5.74, 6) is -0.467. The first-order valence-electron chi connectivity index (χ1n) is 10.3. The van der Waals surface area contributed by atoms with Gasteiger partial charge in [0, 0.05) is 25.3 Å². The van der Waals surface area contributed by atoms with Crippen LogP contribution in [-0.4, -0.2) is 53.8 Å². The van der Waals surface area contributed by atoms with Gasteiger partial charge in [-0.05, 0) is 30.0 Å². The number of rotatable bonds is 6. The SMILES string of the molecule is O=C(OCc1ccccc1)N1CC(O)(C(=O)NCc2ccccc2N2CCCC2)C1. The highest BCUT2D eigenvalue weighted by molar-refractivity contribution is 5.88. The minimum atomic E-state index is -1.58.